The number of aromatic amines is 1. The fraction of sp³-hybridized carbons (Fsp3) is 0.286. The number of ketones is 1. The molecule has 62 valence electrons. The first-order valence-electron chi connectivity index (χ1n) is 3.28. The molecule has 0 aliphatic heterocycles. The summed E-state index contributed by atoms with van der Waals surface area (Å²) in [5.74, 6) is -0.395. The smallest absolute Gasteiger partial charge is 0.278 e. The van der Waals surface area contributed by atoms with Crippen LogP contribution in [-0.2, 0) is 7.05 Å². The predicted octanol–water partition coefficient (Wildman–Crippen LogP) is -0.212. The number of rotatable bonds is 1. The van der Waals surface area contributed by atoms with Crippen molar-refractivity contribution in [1.82, 2.24) is 9.78 Å². The van der Waals surface area contributed by atoms with Crippen LogP contribution in [-0.4, -0.2) is 15.6 Å². The third-order valence-electron chi connectivity index (χ3n) is 1.51. The Morgan fingerprint density at radius 2 is 2.25 bits per heavy atom. The quantitative estimate of drug-likeness (QED) is 0.584. The number of Topliss-reactive ketones (excluding diaryl/α,β-unsaturated/α-hetero) is 1. The molecule has 0 atom stereocenters. The van der Waals surface area contributed by atoms with Crippen molar-refractivity contribution >= 4 is 5.78 Å². The summed E-state index contributed by atoms with van der Waals surface area (Å²) < 4.78 is 1.11. The van der Waals surface area contributed by atoms with E-state index in [0.29, 0.717) is 0 Å². The van der Waals surface area contributed by atoms with Gasteiger partial charge in [-0.3, -0.25) is 19.4 Å². The molecule has 1 N–H and O–H groups in total. The first-order valence-corrected chi connectivity index (χ1v) is 3.28. The molecule has 0 saturated carbocycles. The lowest BCUT2D eigenvalue weighted by Gasteiger charge is -1.83. The maximum Gasteiger partial charge on any atom is 0.278 e. The molecular weight excluding hydrogens is 158 g/mol. The summed E-state index contributed by atoms with van der Waals surface area (Å²) in [5, 5.41) is 11.0. The lowest BCUT2D eigenvalue weighted by Crippen LogP contribution is -2.17. The normalized spacial score (nSPS) is 9.42. The molecule has 5 heteroatoms. The van der Waals surface area contributed by atoms with E-state index in [4.69, 9.17) is 5.26 Å². The van der Waals surface area contributed by atoms with Crippen LogP contribution in [0.15, 0.2) is 4.79 Å². The van der Waals surface area contributed by atoms with E-state index in [1.165, 1.54) is 14.0 Å². The third-order valence-corrected chi connectivity index (χ3v) is 1.51. The van der Waals surface area contributed by atoms with Gasteiger partial charge in [0.15, 0.2) is 5.78 Å². The maximum absolute atomic E-state index is 11.1. The van der Waals surface area contributed by atoms with Crippen molar-refractivity contribution in [3.05, 3.63) is 21.6 Å². The molecule has 0 aliphatic carbocycles. The highest BCUT2D eigenvalue weighted by molar-refractivity contribution is 5.95. The lowest BCUT2D eigenvalue weighted by molar-refractivity contribution is 0.101. The summed E-state index contributed by atoms with van der Waals surface area (Å²) in [6.45, 7) is 1.26. The van der Waals surface area contributed by atoms with Gasteiger partial charge in [0.25, 0.3) is 5.56 Å². The van der Waals surface area contributed by atoms with Crippen LogP contribution in [0.5, 0.6) is 0 Å². The van der Waals surface area contributed by atoms with Gasteiger partial charge >= 0.3 is 0 Å². The van der Waals surface area contributed by atoms with E-state index in [9.17, 15) is 9.59 Å². The molecule has 5 nitrogen and oxygen atoms in total. The predicted molar refractivity (Wildman–Crippen MR) is 40.8 cm³/mol. The minimum atomic E-state index is -0.459. The van der Waals surface area contributed by atoms with Crippen molar-refractivity contribution in [2.45, 2.75) is 6.92 Å². The molecule has 1 aromatic heterocycles. The van der Waals surface area contributed by atoms with Crippen molar-refractivity contribution in [3.8, 4) is 6.07 Å². The monoisotopic (exact) mass is 165 g/mol. The molecule has 0 fully saturated rings. The van der Waals surface area contributed by atoms with Gasteiger partial charge in [0, 0.05) is 7.05 Å². The molecule has 0 amide bonds. The molecule has 0 unspecified atom stereocenters. The highest BCUT2D eigenvalue weighted by Gasteiger charge is 2.15. The van der Waals surface area contributed by atoms with Crippen LogP contribution in [0.1, 0.15) is 23.0 Å². The number of nitriles is 1. The molecular formula is C7H7N3O2. The summed E-state index contributed by atoms with van der Waals surface area (Å²) in [4.78, 5) is 22.0. The zero-order chi connectivity index (χ0) is 9.30. The van der Waals surface area contributed by atoms with Gasteiger partial charge in [0.2, 0.25) is 0 Å². The number of carbonyl (C=O) groups is 1. The first kappa shape index (κ1) is 8.27. The topological polar surface area (TPSA) is 78.7 Å². The first-order chi connectivity index (χ1) is 5.57. The van der Waals surface area contributed by atoms with Crippen molar-refractivity contribution in [2.24, 2.45) is 7.05 Å². The van der Waals surface area contributed by atoms with E-state index in [1.807, 2.05) is 0 Å². The van der Waals surface area contributed by atoms with Crippen molar-refractivity contribution < 1.29 is 4.79 Å². The van der Waals surface area contributed by atoms with Gasteiger partial charge in [-0.05, 0) is 6.92 Å². The average molecular weight is 165 g/mol. The van der Waals surface area contributed by atoms with Crippen LogP contribution in [0, 0.1) is 11.3 Å². The fourth-order valence-corrected chi connectivity index (χ4v) is 0.957. The number of nitrogens with zero attached hydrogens (tertiary/aromatic N) is 2. The number of hydrogen-bond donors (Lipinski definition) is 1. The van der Waals surface area contributed by atoms with Gasteiger partial charge in [0.05, 0.1) is 0 Å². The maximum atomic E-state index is 11.1. The lowest BCUT2D eigenvalue weighted by atomic mass is 10.2. The molecule has 0 bridgehead atoms. The van der Waals surface area contributed by atoms with Crippen molar-refractivity contribution in [1.29, 1.82) is 5.26 Å². The Bertz CT molecular complexity index is 419. The molecule has 1 rings (SSSR count). The number of nitrogens with one attached hydrogen (secondary N) is 1. The Hall–Kier alpha value is -1.83. The Morgan fingerprint density at radius 1 is 1.67 bits per heavy atom. The van der Waals surface area contributed by atoms with Crippen LogP contribution in [0.4, 0.5) is 0 Å². The van der Waals surface area contributed by atoms with Gasteiger partial charge < -0.3 is 0 Å². The minimum absolute atomic E-state index is 0.0231. The summed E-state index contributed by atoms with van der Waals surface area (Å²) >= 11 is 0. The molecule has 12 heavy (non-hydrogen) atoms. The molecule has 0 saturated heterocycles. The fourth-order valence-electron chi connectivity index (χ4n) is 0.957. The number of carbonyl (C=O) groups excluding carboxylic acids is 1. The van der Waals surface area contributed by atoms with Crippen molar-refractivity contribution in [3.63, 3.8) is 0 Å². The summed E-state index contributed by atoms with van der Waals surface area (Å²) in [6, 6.07) is 1.74. The zero-order valence-corrected chi connectivity index (χ0v) is 6.71. The second-order valence-corrected chi connectivity index (χ2v) is 2.39. The van der Waals surface area contributed by atoms with Gasteiger partial charge in [-0.25, -0.2) is 0 Å². The van der Waals surface area contributed by atoms with E-state index >= 15 is 0 Å². The van der Waals surface area contributed by atoms with Crippen LogP contribution in [0.25, 0.3) is 0 Å². The zero-order valence-electron chi connectivity index (χ0n) is 6.71. The molecule has 0 radical (unpaired) electrons. The second kappa shape index (κ2) is 2.66. The standard InChI is InChI=1S/C7H7N3O2/c1-4(11)6-5(3-8)9-10(2)7(6)12/h9H,1-2H3. The van der Waals surface area contributed by atoms with Crippen LogP contribution >= 0.6 is 0 Å². The van der Waals surface area contributed by atoms with E-state index in [0.717, 1.165) is 4.68 Å². The number of H-pyrrole nitrogens is 1. The van der Waals surface area contributed by atoms with Gasteiger partial charge in [-0.1, -0.05) is 0 Å². The highest BCUT2D eigenvalue weighted by Crippen LogP contribution is 1.98. The third kappa shape index (κ3) is 1.03. The van der Waals surface area contributed by atoms with E-state index in [1.54, 1.807) is 6.07 Å². The molecule has 0 aliphatic rings. The summed E-state index contributed by atoms with van der Waals surface area (Å²) in [7, 11) is 1.45. The van der Waals surface area contributed by atoms with E-state index in [2.05, 4.69) is 5.10 Å². The Kier molecular flexibility index (Phi) is 1.83. The average Bonchev–Trinajstić information content (AvgIpc) is 2.28. The van der Waals surface area contributed by atoms with Crippen LogP contribution in [0.3, 0.4) is 0 Å². The molecule has 1 heterocycles. The Balaban J connectivity index is 3.55. The van der Waals surface area contributed by atoms with Crippen molar-refractivity contribution in [2.75, 3.05) is 0 Å². The molecule has 0 spiro atoms. The van der Waals surface area contributed by atoms with E-state index in [-0.39, 0.29) is 11.3 Å². The molecule has 1 aromatic rings. The number of aromatic nitrogens is 2. The SMILES string of the molecule is CC(=O)c1c(C#N)[nH]n(C)c1=O. The summed E-state index contributed by atoms with van der Waals surface area (Å²) in [6.07, 6.45) is 0. The van der Waals surface area contributed by atoms with Gasteiger partial charge in [0.1, 0.15) is 17.3 Å². The summed E-state index contributed by atoms with van der Waals surface area (Å²) in [5.41, 5.74) is -0.506. The Morgan fingerprint density at radius 3 is 2.58 bits per heavy atom. The second-order valence-electron chi connectivity index (χ2n) is 2.39. The minimum Gasteiger partial charge on any atom is -0.294 e. The molecule has 0 aromatic carbocycles. The van der Waals surface area contributed by atoms with Gasteiger partial charge in [-0.2, -0.15) is 5.26 Å². The number of hydrogen-bond acceptors (Lipinski definition) is 3. The highest BCUT2D eigenvalue weighted by atomic mass is 16.2. The Labute approximate surface area is 68.2 Å². The van der Waals surface area contributed by atoms with Crippen LogP contribution < -0.4 is 5.56 Å². The van der Waals surface area contributed by atoms with E-state index < -0.39 is 11.3 Å². The van der Waals surface area contributed by atoms with Gasteiger partial charge in [-0.15, -0.1) is 0 Å². The largest absolute Gasteiger partial charge is 0.294 e. The number of aryl methyl sites for hydroxylation is 1. The van der Waals surface area contributed by atoms with Crippen LogP contribution in [0.2, 0.25) is 0 Å².